The van der Waals surface area contributed by atoms with Gasteiger partial charge in [0.2, 0.25) is 5.89 Å². The molecule has 0 N–H and O–H groups in total. The monoisotopic (exact) mass is 370 g/mol. The maximum atomic E-state index is 11.8. The highest BCUT2D eigenvalue weighted by Crippen LogP contribution is 2.20. The fourth-order valence-corrected chi connectivity index (χ4v) is 2.24. The van der Waals surface area contributed by atoms with E-state index in [0.29, 0.717) is 16.7 Å². The Hall–Kier alpha value is -3.12. The number of carbonyl (C=O) groups is 1. The lowest BCUT2D eigenvalue weighted by molar-refractivity contribution is -0.139. The molecule has 7 heteroatoms. The van der Waals surface area contributed by atoms with E-state index in [4.69, 9.17) is 25.5 Å². The van der Waals surface area contributed by atoms with Gasteiger partial charge < -0.3 is 13.9 Å². The molecule has 0 aliphatic rings. The molecule has 0 fully saturated rings. The summed E-state index contributed by atoms with van der Waals surface area (Å²) in [5.74, 6) is 0.734. The van der Waals surface area contributed by atoms with Crippen LogP contribution in [-0.2, 0) is 16.1 Å². The lowest BCUT2D eigenvalue weighted by atomic mass is 10.2. The van der Waals surface area contributed by atoms with Crippen LogP contribution in [0.2, 0.25) is 5.02 Å². The summed E-state index contributed by atoms with van der Waals surface area (Å²) < 4.78 is 15.7. The number of hydrogen-bond donors (Lipinski definition) is 0. The third kappa shape index (κ3) is 4.70. The molecule has 1 aromatic heterocycles. The summed E-state index contributed by atoms with van der Waals surface area (Å²) in [4.78, 5) is 11.8. The second-order valence-electron chi connectivity index (χ2n) is 5.23. The van der Waals surface area contributed by atoms with Crippen LogP contribution in [0.5, 0.6) is 5.75 Å². The summed E-state index contributed by atoms with van der Waals surface area (Å²) in [5, 5.41) is 8.40. The molecule has 0 saturated carbocycles. The minimum Gasteiger partial charge on any atom is -0.497 e. The smallest absolute Gasteiger partial charge is 0.331 e. The summed E-state index contributed by atoms with van der Waals surface area (Å²) in [7, 11) is 1.58. The van der Waals surface area contributed by atoms with Gasteiger partial charge in [-0.3, -0.25) is 0 Å². The van der Waals surface area contributed by atoms with Crippen molar-refractivity contribution in [2.24, 2.45) is 0 Å². The minimum atomic E-state index is -0.515. The minimum absolute atomic E-state index is 0.109. The van der Waals surface area contributed by atoms with Crippen molar-refractivity contribution >= 4 is 23.6 Å². The molecular formula is C19H15ClN2O4. The Morgan fingerprint density at radius 3 is 2.77 bits per heavy atom. The first-order valence-corrected chi connectivity index (χ1v) is 8.09. The van der Waals surface area contributed by atoms with Gasteiger partial charge in [0, 0.05) is 16.7 Å². The Morgan fingerprint density at radius 2 is 2.00 bits per heavy atom. The van der Waals surface area contributed by atoms with Crippen LogP contribution in [0.3, 0.4) is 0 Å². The molecule has 0 amide bonds. The SMILES string of the molecule is COc1cccc(/C=C/C(=O)OCc2nnc(-c3ccc(Cl)cc3)o2)c1. The van der Waals surface area contributed by atoms with Gasteiger partial charge >= 0.3 is 5.97 Å². The van der Waals surface area contributed by atoms with Gasteiger partial charge in [0.05, 0.1) is 7.11 Å². The van der Waals surface area contributed by atoms with E-state index in [1.54, 1.807) is 43.5 Å². The molecule has 0 atom stereocenters. The molecule has 0 unspecified atom stereocenters. The topological polar surface area (TPSA) is 74.5 Å². The van der Waals surface area contributed by atoms with E-state index >= 15 is 0 Å². The Balaban J connectivity index is 1.56. The first kappa shape index (κ1) is 17.7. The van der Waals surface area contributed by atoms with E-state index in [2.05, 4.69) is 10.2 Å². The highest BCUT2D eigenvalue weighted by molar-refractivity contribution is 6.30. The molecule has 0 spiro atoms. The van der Waals surface area contributed by atoms with Gasteiger partial charge in [-0.2, -0.15) is 0 Å². The molecule has 0 aliphatic heterocycles. The van der Waals surface area contributed by atoms with Crippen molar-refractivity contribution in [1.29, 1.82) is 0 Å². The molecular weight excluding hydrogens is 356 g/mol. The van der Waals surface area contributed by atoms with Gasteiger partial charge in [-0.1, -0.05) is 23.7 Å². The summed E-state index contributed by atoms with van der Waals surface area (Å²) in [6.45, 7) is -0.109. The van der Waals surface area contributed by atoms with E-state index in [9.17, 15) is 4.79 Å². The molecule has 0 bridgehead atoms. The van der Waals surface area contributed by atoms with Crippen molar-refractivity contribution in [3.8, 4) is 17.2 Å². The molecule has 3 aromatic rings. The summed E-state index contributed by atoms with van der Waals surface area (Å²) in [6.07, 6.45) is 2.96. The van der Waals surface area contributed by atoms with Gasteiger partial charge in [0.1, 0.15) is 5.75 Å². The molecule has 1 heterocycles. The number of rotatable bonds is 6. The number of hydrogen-bond acceptors (Lipinski definition) is 6. The van der Waals surface area contributed by atoms with E-state index in [0.717, 1.165) is 11.1 Å². The van der Waals surface area contributed by atoms with Gasteiger partial charge in [0.25, 0.3) is 5.89 Å². The number of aromatic nitrogens is 2. The number of methoxy groups -OCH3 is 1. The van der Waals surface area contributed by atoms with Crippen LogP contribution < -0.4 is 4.74 Å². The van der Waals surface area contributed by atoms with Crippen LogP contribution in [0.15, 0.2) is 59.0 Å². The standard InChI is InChI=1S/C19H15ClN2O4/c1-24-16-4-2-3-13(11-16)5-10-18(23)25-12-17-21-22-19(26-17)14-6-8-15(20)9-7-14/h2-11H,12H2,1H3/b10-5+. The third-order valence-corrected chi connectivity index (χ3v) is 3.65. The molecule has 132 valence electrons. The largest absolute Gasteiger partial charge is 0.497 e. The summed E-state index contributed by atoms with van der Waals surface area (Å²) in [5.41, 5.74) is 1.56. The maximum absolute atomic E-state index is 11.8. The lowest BCUT2D eigenvalue weighted by Gasteiger charge is -2.00. The third-order valence-electron chi connectivity index (χ3n) is 3.40. The van der Waals surface area contributed by atoms with Crippen molar-refractivity contribution in [3.05, 3.63) is 71.1 Å². The van der Waals surface area contributed by atoms with Crippen LogP contribution in [0.1, 0.15) is 11.5 Å². The molecule has 0 aliphatic carbocycles. The van der Waals surface area contributed by atoms with Crippen molar-refractivity contribution in [2.75, 3.05) is 7.11 Å². The normalized spacial score (nSPS) is 10.8. The van der Waals surface area contributed by atoms with Crippen LogP contribution in [0.25, 0.3) is 17.5 Å². The highest BCUT2D eigenvalue weighted by atomic mass is 35.5. The van der Waals surface area contributed by atoms with Gasteiger partial charge in [-0.25, -0.2) is 4.79 Å². The molecule has 6 nitrogen and oxygen atoms in total. The lowest BCUT2D eigenvalue weighted by Crippen LogP contribution is -2.00. The maximum Gasteiger partial charge on any atom is 0.331 e. The fourth-order valence-electron chi connectivity index (χ4n) is 2.11. The number of ether oxygens (including phenoxy) is 2. The van der Waals surface area contributed by atoms with Crippen LogP contribution in [0.4, 0.5) is 0 Å². The second kappa shape index (κ2) is 8.31. The van der Waals surface area contributed by atoms with E-state index in [1.165, 1.54) is 6.08 Å². The first-order chi connectivity index (χ1) is 12.6. The predicted octanol–water partition coefficient (Wildman–Crippen LogP) is 4.16. The van der Waals surface area contributed by atoms with Crippen LogP contribution >= 0.6 is 11.6 Å². The van der Waals surface area contributed by atoms with Gasteiger partial charge in [0.15, 0.2) is 6.61 Å². The van der Waals surface area contributed by atoms with Crippen molar-refractivity contribution in [1.82, 2.24) is 10.2 Å². The number of benzene rings is 2. The Kier molecular flexibility index (Phi) is 5.66. The number of carbonyl (C=O) groups excluding carboxylic acids is 1. The molecule has 26 heavy (non-hydrogen) atoms. The van der Waals surface area contributed by atoms with Crippen molar-refractivity contribution < 1.29 is 18.7 Å². The van der Waals surface area contributed by atoms with E-state index < -0.39 is 5.97 Å². The van der Waals surface area contributed by atoms with E-state index in [1.807, 2.05) is 18.2 Å². The predicted molar refractivity (Wildman–Crippen MR) is 96.6 cm³/mol. The Labute approximate surface area is 155 Å². The second-order valence-corrected chi connectivity index (χ2v) is 5.66. The molecule has 2 aromatic carbocycles. The van der Waals surface area contributed by atoms with Crippen molar-refractivity contribution in [2.45, 2.75) is 6.61 Å². The van der Waals surface area contributed by atoms with E-state index in [-0.39, 0.29) is 12.5 Å². The van der Waals surface area contributed by atoms with Crippen molar-refractivity contribution in [3.63, 3.8) is 0 Å². The summed E-state index contributed by atoms with van der Waals surface area (Å²) >= 11 is 5.84. The van der Waals surface area contributed by atoms with Gasteiger partial charge in [-0.15, -0.1) is 10.2 Å². The van der Waals surface area contributed by atoms with Gasteiger partial charge in [-0.05, 0) is 48.0 Å². The summed E-state index contributed by atoms with van der Waals surface area (Å²) in [6, 6.07) is 14.3. The fraction of sp³-hybridized carbons (Fsp3) is 0.105. The molecule has 0 saturated heterocycles. The quantitative estimate of drug-likeness (QED) is 0.479. The molecule has 0 radical (unpaired) electrons. The highest BCUT2D eigenvalue weighted by Gasteiger charge is 2.10. The Morgan fingerprint density at radius 1 is 1.19 bits per heavy atom. The number of nitrogens with zero attached hydrogens (tertiary/aromatic N) is 2. The number of esters is 1. The zero-order chi connectivity index (χ0) is 18.4. The average Bonchev–Trinajstić information content (AvgIpc) is 3.14. The van der Waals surface area contributed by atoms with Crippen LogP contribution in [-0.4, -0.2) is 23.3 Å². The average molecular weight is 371 g/mol. The molecule has 3 rings (SSSR count). The first-order valence-electron chi connectivity index (χ1n) is 7.71. The Bertz CT molecular complexity index is 919. The zero-order valence-electron chi connectivity index (χ0n) is 13.9. The number of halogens is 1. The zero-order valence-corrected chi connectivity index (χ0v) is 14.6. The van der Waals surface area contributed by atoms with Crippen LogP contribution in [0, 0.1) is 0 Å².